The molecule has 0 aromatic rings. The molecule has 1 unspecified atom stereocenters. The molecule has 114 valence electrons. The highest BCUT2D eigenvalue weighted by atomic mass is 15.2. The minimum absolute atomic E-state index is 0.433. The molecule has 0 radical (unpaired) electrons. The van der Waals surface area contributed by atoms with Crippen LogP contribution in [-0.2, 0) is 0 Å². The molecule has 0 spiro atoms. The Hall–Kier alpha value is -0.0800. The summed E-state index contributed by atoms with van der Waals surface area (Å²) in [5.74, 6) is 0.780. The third-order valence-electron chi connectivity index (χ3n) is 4.86. The monoisotopic (exact) mass is 268 g/mol. The molecule has 0 aliphatic heterocycles. The van der Waals surface area contributed by atoms with E-state index in [9.17, 15) is 0 Å². The fourth-order valence-electron chi connectivity index (χ4n) is 4.01. The van der Waals surface area contributed by atoms with Crippen LogP contribution in [0.5, 0.6) is 0 Å². The standard InChI is InChI=1S/C17H36N2/c1-6-13-18-16(14-15(4)5)17(11-9-10-12-17)19(7-2)8-3/h15-16,18H,6-14H2,1-5H3. The van der Waals surface area contributed by atoms with Crippen LogP contribution >= 0.6 is 0 Å². The van der Waals surface area contributed by atoms with E-state index in [-0.39, 0.29) is 0 Å². The summed E-state index contributed by atoms with van der Waals surface area (Å²) in [7, 11) is 0. The molecule has 0 bridgehead atoms. The van der Waals surface area contributed by atoms with E-state index in [0.29, 0.717) is 11.6 Å². The van der Waals surface area contributed by atoms with Gasteiger partial charge < -0.3 is 5.32 Å². The van der Waals surface area contributed by atoms with Crippen molar-refractivity contribution in [1.29, 1.82) is 0 Å². The summed E-state index contributed by atoms with van der Waals surface area (Å²) in [5, 5.41) is 3.89. The van der Waals surface area contributed by atoms with Crippen molar-refractivity contribution in [3.63, 3.8) is 0 Å². The van der Waals surface area contributed by atoms with Gasteiger partial charge in [-0.3, -0.25) is 4.90 Å². The summed E-state index contributed by atoms with van der Waals surface area (Å²) >= 11 is 0. The van der Waals surface area contributed by atoms with Gasteiger partial charge in [-0.2, -0.15) is 0 Å². The fourth-order valence-corrected chi connectivity index (χ4v) is 4.01. The van der Waals surface area contributed by atoms with E-state index in [4.69, 9.17) is 0 Å². The third-order valence-corrected chi connectivity index (χ3v) is 4.86. The van der Waals surface area contributed by atoms with Crippen LogP contribution in [0.3, 0.4) is 0 Å². The zero-order valence-corrected chi connectivity index (χ0v) is 14.0. The minimum Gasteiger partial charge on any atom is -0.312 e. The predicted molar refractivity (Wildman–Crippen MR) is 85.7 cm³/mol. The molecule has 1 fully saturated rings. The van der Waals surface area contributed by atoms with E-state index in [1.165, 1.54) is 58.2 Å². The Balaban J connectivity index is 2.89. The lowest BCUT2D eigenvalue weighted by molar-refractivity contribution is 0.0548. The first-order valence-corrected chi connectivity index (χ1v) is 8.59. The van der Waals surface area contributed by atoms with Crippen molar-refractivity contribution in [1.82, 2.24) is 10.2 Å². The average molecular weight is 268 g/mol. The number of likely N-dealkylation sites (N-methyl/N-ethyl adjacent to an activating group) is 1. The maximum atomic E-state index is 3.89. The molecule has 19 heavy (non-hydrogen) atoms. The Morgan fingerprint density at radius 3 is 2.05 bits per heavy atom. The molecule has 2 nitrogen and oxygen atoms in total. The largest absolute Gasteiger partial charge is 0.312 e. The van der Waals surface area contributed by atoms with Gasteiger partial charge in [-0.1, -0.05) is 47.5 Å². The zero-order valence-electron chi connectivity index (χ0n) is 14.0. The van der Waals surface area contributed by atoms with Crippen LogP contribution in [-0.4, -0.2) is 36.1 Å². The lowest BCUT2D eigenvalue weighted by atomic mass is 9.81. The van der Waals surface area contributed by atoms with Crippen molar-refractivity contribution >= 4 is 0 Å². The minimum atomic E-state index is 0.433. The highest BCUT2D eigenvalue weighted by Gasteiger charge is 2.44. The van der Waals surface area contributed by atoms with E-state index in [1.54, 1.807) is 0 Å². The van der Waals surface area contributed by atoms with Crippen molar-refractivity contribution in [3.05, 3.63) is 0 Å². The summed E-state index contributed by atoms with van der Waals surface area (Å²) in [6.07, 6.45) is 8.17. The fraction of sp³-hybridized carbons (Fsp3) is 1.00. The van der Waals surface area contributed by atoms with Crippen LogP contribution in [0.15, 0.2) is 0 Å². The van der Waals surface area contributed by atoms with Gasteiger partial charge in [-0.25, -0.2) is 0 Å². The van der Waals surface area contributed by atoms with Gasteiger partial charge in [0.05, 0.1) is 0 Å². The van der Waals surface area contributed by atoms with Crippen molar-refractivity contribution in [3.8, 4) is 0 Å². The molecule has 0 aromatic carbocycles. The molecule has 1 aliphatic rings. The van der Waals surface area contributed by atoms with Crippen molar-refractivity contribution < 1.29 is 0 Å². The Bertz CT molecular complexity index is 227. The van der Waals surface area contributed by atoms with Gasteiger partial charge in [-0.15, -0.1) is 0 Å². The Labute approximate surface area is 121 Å². The van der Waals surface area contributed by atoms with Crippen LogP contribution in [0.25, 0.3) is 0 Å². The topological polar surface area (TPSA) is 15.3 Å². The first kappa shape index (κ1) is 17.0. The van der Waals surface area contributed by atoms with Crippen LogP contribution < -0.4 is 5.32 Å². The molecule has 1 atom stereocenters. The smallest absolute Gasteiger partial charge is 0.0362 e. The second-order valence-corrected chi connectivity index (χ2v) is 6.62. The first-order chi connectivity index (χ1) is 9.10. The van der Waals surface area contributed by atoms with Gasteiger partial charge in [0.1, 0.15) is 0 Å². The number of hydrogen-bond donors (Lipinski definition) is 1. The number of nitrogens with zero attached hydrogens (tertiary/aromatic N) is 1. The van der Waals surface area contributed by atoms with E-state index in [1.807, 2.05) is 0 Å². The van der Waals surface area contributed by atoms with Gasteiger partial charge in [0.2, 0.25) is 0 Å². The molecular formula is C17H36N2. The van der Waals surface area contributed by atoms with E-state index in [0.717, 1.165) is 5.92 Å². The van der Waals surface area contributed by atoms with E-state index in [2.05, 4.69) is 44.8 Å². The molecule has 1 N–H and O–H groups in total. The summed E-state index contributed by atoms with van der Waals surface area (Å²) in [5.41, 5.74) is 0.433. The van der Waals surface area contributed by atoms with Crippen molar-refractivity contribution in [2.45, 2.75) is 84.7 Å². The SMILES string of the molecule is CCCNC(CC(C)C)C1(N(CC)CC)CCCC1. The highest BCUT2D eigenvalue weighted by Crippen LogP contribution is 2.40. The molecule has 2 heteroatoms. The van der Waals surface area contributed by atoms with Gasteiger partial charge >= 0.3 is 0 Å². The maximum Gasteiger partial charge on any atom is 0.0362 e. The van der Waals surface area contributed by atoms with Crippen LogP contribution in [0, 0.1) is 5.92 Å². The Kier molecular flexibility index (Phi) is 7.38. The lowest BCUT2D eigenvalue weighted by Crippen LogP contribution is -2.60. The van der Waals surface area contributed by atoms with Crippen molar-refractivity contribution in [2.24, 2.45) is 5.92 Å². The van der Waals surface area contributed by atoms with Gasteiger partial charge in [0.15, 0.2) is 0 Å². The quantitative estimate of drug-likeness (QED) is 0.678. The van der Waals surface area contributed by atoms with Crippen molar-refractivity contribution in [2.75, 3.05) is 19.6 Å². The third kappa shape index (κ3) is 4.19. The summed E-state index contributed by atoms with van der Waals surface area (Å²) < 4.78 is 0. The summed E-state index contributed by atoms with van der Waals surface area (Å²) in [6, 6.07) is 0.676. The molecule has 0 heterocycles. The Morgan fingerprint density at radius 1 is 1.05 bits per heavy atom. The molecule has 0 aromatic heterocycles. The zero-order chi connectivity index (χ0) is 14.3. The molecule has 1 aliphatic carbocycles. The molecule has 0 amide bonds. The second kappa shape index (κ2) is 8.26. The van der Waals surface area contributed by atoms with Gasteiger partial charge in [0.25, 0.3) is 0 Å². The van der Waals surface area contributed by atoms with Gasteiger partial charge in [0, 0.05) is 11.6 Å². The average Bonchev–Trinajstić information content (AvgIpc) is 2.86. The lowest BCUT2D eigenvalue weighted by Gasteiger charge is -2.47. The van der Waals surface area contributed by atoms with E-state index < -0.39 is 0 Å². The second-order valence-electron chi connectivity index (χ2n) is 6.62. The van der Waals surface area contributed by atoms with Gasteiger partial charge in [-0.05, 0) is 51.2 Å². The van der Waals surface area contributed by atoms with Crippen LogP contribution in [0.2, 0.25) is 0 Å². The van der Waals surface area contributed by atoms with Crippen LogP contribution in [0.4, 0.5) is 0 Å². The maximum absolute atomic E-state index is 3.89. The normalized spacial score (nSPS) is 20.4. The summed E-state index contributed by atoms with van der Waals surface area (Å²) in [4.78, 5) is 2.75. The Morgan fingerprint density at radius 2 is 1.63 bits per heavy atom. The predicted octanol–water partition coefficient (Wildman–Crippen LogP) is 4.06. The molecule has 1 saturated carbocycles. The molecule has 0 saturated heterocycles. The number of rotatable bonds is 9. The first-order valence-electron chi connectivity index (χ1n) is 8.59. The number of hydrogen-bond acceptors (Lipinski definition) is 2. The highest BCUT2D eigenvalue weighted by molar-refractivity contribution is 5.03. The summed E-state index contributed by atoms with van der Waals surface area (Å²) in [6.45, 7) is 15.2. The van der Waals surface area contributed by atoms with E-state index >= 15 is 0 Å². The molecule has 1 rings (SSSR count). The molecular weight excluding hydrogens is 232 g/mol. The number of nitrogens with one attached hydrogen (secondary N) is 1. The van der Waals surface area contributed by atoms with Crippen LogP contribution in [0.1, 0.15) is 73.1 Å².